The molecule has 0 saturated heterocycles. The molecule has 0 atom stereocenters. The van der Waals surface area contributed by atoms with Crippen LogP contribution in [0.3, 0.4) is 0 Å². The molecule has 96 valence electrons. The molecule has 0 aromatic carbocycles. The van der Waals surface area contributed by atoms with E-state index >= 15 is 0 Å². The maximum atomic E-state index is 6.05. The van der Waals surface area contributed by atoms with E-state index in [1.165, 1.54) is 0 Å². The molecule has 5 nitrogen and oxygen atoms in total. The van der Waals surface area contributed by atoms with Gasteiger partial charge in [-0.2, -0.15) is 0 Å². The summed E-state index contributed by atoms with van der Waals surface area (Å²) in [5.41, 5.74) is 3.17. The van der Waals surface area contributed by atoms with E-state index in [2.05, 4.69) is 19.9 Å². The highest BCUT2D eigenvalue weighted by atomic mass is 35.5. The number of aromatic nitrogens is 4. The van der Waals surface area contributed by atoms with Crippen LogP contribution in [0, 0.1) is 6.92 Å². The van der Waals surface area contributed by atoms with Crippen molar-refractivity contribution in [3.05, 3.63) is 35.1 Å². The van der Waals surface area contributed by atoms with Gasteiger partial charge in [-0.3, -0.25) is 0 Å². The molecule has 3 aromatic heterocycles. The summed E-state index contributed by atoms with van der Waals surface area (Å²) in [6, 6.07) is 3.72. The second kappa shape index (κ2) is 4.51. The molecule has 0 fully saturated rings. The predicted octanol–water partition coefficient (Wildman–Crippen LogP) is 2.99. The zero-order valence-electron chi connectivity index (χ0n) is 10.4. The van der Waals surface area contributed by atoms with E-state index < -0.39 is 0 Å². The highest BCUT2D eigenvalue weighted by molar-refractivity contribution is 6.31. The third-order valence-electron chi connectivity index (χ3n) is 2.94. The van der Waals surface area contributed by atoms with Crippen molar-refractivity contribution < 1.29 is 4.74 Å². The van der Waals surface area contributed by atoms with Gasteiger partial charge < -0.3 is 9.72 Å². The molecule has 0 aliphatic carbocycles. The van der Waals surface area contributed by atoms with Gasteiger partial charge in [-0.1, -0.05) is 11.6 Å². The number of rotatable bonds is 2. The molecular formula is C13H11ClN4O. The molecule has 0 amide bonds. The van der Waals surface area contributed by atoms with Crippen LogP contribution in [-0.4, -0.2) is 27.0 Å². The van der Waals surface area contributed by atoms with Crippen molar-refractivity contribution in [3.63, 3.8) is 0 Å². The molecular weight excluding hydrogens is 264 g/mol. The number of aryl methyl sites for hydroxylation is 1. The summed E-state index contributed by atoms with van der Waals surface area (Å²) in [5, 5.41) is 0.612. The fourth-order valence-electron chi connectivity index (χ4n) is 1.91. The Morgan fingerprint density at radius 2 is 2.16 bits per heavy atom. The molecule has 3 heterocycles. The average Bonchev–Trinajstić information content (AvgIpc) is 2.87. The number of pyridine rings is 2. The third kappa shape index (κ3) is 1.92. The van der Waals surface area contributed by atoms with Crippen molar-refractivity contribution in [2.75, 3.05) is 7.11 Å². The fourth-order valence-corrected chi connectivity index (χ4v) is 2.06. The van der Waals surface area contributed by atoms with Crippen molar-refractivity contribution in [2.24, 2.45) is 0 Å². The van der Waals surface area contributed by atoms with E-state index in [0.29, 0.717) is 22.4 Å². The Morgan fingerprint density at radius 1 is 1.32 bits per heavy atom. The van der Waals surface area contributed by atoms with Crippen LogP contribution in [0.1, 0.15) is 5.56 Å². The maximum absolute atomic E-state index is 6.05. The standard InChI is InChI=1S/C13H11ClN4O/c1-7-9(14)6-16-12-10(7)17-11(18-12)8-4-3-5-15-13(8)19-2/h3-6H,1-2H3,(H,16,17,18). The van der Waals surface area contributed by atoms with Gasteiger partial charge in [0.15, 0.2) is 5.65 Å². The summed E-state index contributed by atoms with van der Waals surface area (Å²) in [6.45, 7) is 1.93. The minimum atomic E-state index is 0.519. The topological polar surface area (TPSA) is 63.7 Å². The molecule has 0 spiro atoms. The van der Waals surface area contributed by atoms with Crippen LogP contribution in [0.4, 0.5) is 0 Å². The molecule has 0 aliphatic rings. The lowest BCUT2D eigenvalue weighted by atomic mass is 10.2. The minimum Gasteiger partial charge on any atom is -0.480 e. The van der Waals surface area contributed by atoms with Crippen LogP contribution in [0.2, 0.25) is 5.02 Å². The number of ether oxygens (including phenoxy) is 1. The summed E-state index contributed by atoms with van der Waals surface area (Å²) < 4.78 is 5.23. The molecule has 0 bridgehead atoms. The first-order valence-electron chi connectivity index (χ1n) is 5.71. The molecule has 0 unspecified atom stereocenters. The largest absolute Gasteiger partial charge is 0.480 e. The Hall–Kier alpha value is -2.14. The van der Waals surface area contributed by atoms with Crippen molar-refractivity contribution >= 4 is 22.8 Å². The number of methoxy groups -OCH3 is 1. The third-order valence-corrected chi connectivity index (χ3v) is 3.32. The van der Waals surface area contributed by atoms with Gasteiger partial charge in [0.05, 0.1) is 23.2 Å². The summed E-state index contributed by atoms with van der Waals surface area (Å²) in [6.07, 6.45) is 3.27. The Kier molecular flexibility index (Phi) is 2.83. The molecule has 0 aliphatic heterocycles. The summed E-state index contributed by atoms with van der Waals surface area (Å²) in [4.78, 5) is 16.0. The van der Waals surface area contributed by atoms with Crippen molar-refractivity contribution in [1.29, 1.82) is 0 Å². The predicted molar refractivity (Wildman–Crippen MR) is 73.4 cm³/mol. The first-order chi connectivity index (χ1) is 9.20. The number of hydrogen-bond donors (Lipinski definition) is 1. The highest BCUT2D eigenvalue weighted by Crippen LogP contribution is 2.29. The van der Waals surface area contributed by atoms with Crippen LogP contribution in [-0.2, 0) is 0 Å². The monoisotopic (exact) mass is 274 g/mol. The quantitative estimate of drug-likeness (QED) is 0.780. The number of aromatic amines is 1. The second-order valence-corrected chi connectivity index (χ2v) is 4.48. The lowest BCUT2D eigenvalue weighted by Crippen LogP contribution is -1.91. The van der Waals surface area contributed by atoms with E-state index in [1.54, 1.807) is 19.5 Å². The smallest absolute Gasteiger partial charge is 0.224 e. The van der Waals surface area contributed by atoms with E-state index in [9.17, 15) is 0 Å². The fraction of sp³-hybridized carbons (Fsp3) is 0.154. The van der Waals surface area contributed by atoms with Gasteiger partial charge in [-0.15, -0.1) is 0 Å². The lowest BCUT2D eigenvalue weighted by molar-refractivity contribution is 0.399. The molecule has 6 heteroatoms. The van der Waals surface area contributed by atoms with E-state index in [4.69, 9.17) is 16.3 Å². The van der Waals surface area contributed by atoms with Gasteiger partial charge in [-0.25, -0.2) is 15.0 Å². The highest BCUT2D eigenvalue weighted by Gasteiger charge is 2.13. The number of fused-ring (bicyclic) bond motifs is 1. The number of imidazole rings is 1. The number of H-pyrrole nitrogens is 1. The molecule has 3 rings (SSSR count). The normalized spacial score (nSPS) is 10.9. The van der Waals surface area contributed by atoms with Gasteiger partial charge in [0.2, 0.25) is 5.88 Å². The van der Waals surface area contributed by atoms with Crippen molar-refractivity contribution in [3.8, 4) is 17.3 Å². The second-order valence-electron chi connectivity index (χ2n) is 4.08. The molecule has 0 saturated carbocycles. The van der Waals surface area contributed by atoms with Crippen LogP contribution >= 0.6 is 11.6 Å². The zero-order valence-corrected chi connectivity index (χ0v) is 11.2. The van der Waals surface area contributed by atoms with Gasteiger partial charge >= 0.3 is 0 Å². The minimum absolute atomic E-state index is 0.519. The first kappa shape index (κ1) is 11.9. The van der Waals surface area contributed by atoms with Gasteiger partial charge in [0.1, 0.15) is 5.82 Å². The van der Waals surface area contributed by atoms with Gasteiger partial charge in [-0.05, 0) is 24.6 Å². The summed E-state index contributed by atoms with van der Waals surface area (Å²) in [7, 11) is 1.58. The summed E-state index contributed by atoms with van der Waals surface area (Å²) in [5.74, 6) is 1.18. The van der Waals surface area contributed by atoms with E-state index in [0.717, 1.165) is 16.6 Å². The zero-order chi connectivity index (χ0) is 13.4. The Bertz CT molecular complexity index is 753. The number of nitrogens with zero attached hydrogens (tertiary/aromatic N) is 3. The molecule has 19 heavy (non-hydrogen) atoms. The number of nitrogens with one attached hydrogen (secondary N) is 1. The van der Waals surface area contributed by atoms with Crippen molar-refractivity contribution in [1.82, 2.24) is 19.9 Å². The Morgan fingerprint density at radius 3 is 2.95 bits per heavy atom. The first-order valence-corrected chi connectivity index (χ1v) is 6.08. The maximum Gasteiger partial charge on any atom is 0.224 e. The van der Waals surface area contributed by atoms with Crippen molar-refractivity contribution in [2.45, 2.75) is 6.92 Å². The van der Waals surface area contributed by atoms with E-state index in [-0.39, 0.29) is 0 Å². The molecule has 1 N–H and O–H groups in total. The molecule has 0 radical (unpaired) electrons. The van der Waals surface area contributed by atoms with Crippen LogP contribution in [0.25, 0.3) is 22.6 Å². The van der Waals surface area contributed by atoms with E-state index in [1.807, 2.05) is 19.1 Å². The van der Waals surface area contributed by atoms with Gasteiger partial charge in [0, 0.05) is 12.4 Å². The average molecular weight is 275 g/mol. The number of halogens is 1. The van der Waals surface area contributed by atoms with Gasteiger partial charge in [0.25, 0.3) is 0 Å². The molecule has 3 aromatic rings. The Balaban J connectivity index is 2.24. The lowest BCUT2D eigenvalue weighted by Gasteiger charge is -2.03. The van der Waals surface area contributed by atoms with Crippen LogP contribution in [0.5, 0.6) is 5.88 Å². The summed E-state index contributed by atoms with van der Waals surface area (Å²) >= 11 is 6.05. The number of hydrogen-bond acceptors (Lipinski definition) is 4. The Labute approximate surface area is 114 Å². The SMILES string of the molecule is COc1ncccc1-c1nc2ncc(Cl)c(C)c2[nH]1. The van der Waals surface area contributed by atoms with Crippen LogP contribution in [0.15, 0.2) is 24.5 Å². The van der Waals surface area contributed by atoms with Crippen LogP contribution < -0.4 is 4.74 Å².